The maximum atomic E-state index is 5.71. The average Bonchev–Trinajstić information content (AvgIpc) is 2.83. The molecular formula is C16H23BrO. The molecule has 1 fully saturated rings. The summed E-state index contributed by atoms with van der Waals surface area (Å²) in [5.74, 6) is 0.609. The number of halogens is 1. The molecule has 1 nitrogen and oxygen atoms in total. The highest BCUT2D eigenvalue weighted by molar-refractivity contribution is 9.09. The normalized spacial score (nSPS) is 25.3. The van der Waals surface area contributed by atoms with Gasteiger partial charge < -0.3 is 4.74 Å². The number of rotatable bonds is 4. The fourth-order valence-electron chi connectivity index (χ4n) is 2.75. The first-order valence-corrected chi connectivity index (χ1v) is 7.94. The topological polar surface area (TPSA) is 9.23 Å². The Morgan fingerprint density at radius 3 is 2.67 bits per heavy atom. The minimum Gasteiger partial charge on any atom is -0.378 e. The first kappa shape index (κ1) is 14.1. The van der Waals surface area contributed by atoms with Crippen LogP contribution >= 0.6 is 15.9 Å². The van der Waals surface area contributed by atoms with Crippen molar-refractivity contribution in [1.29, 1.82) is 0 Å². The van der Waals surface area contributed by atoms with Gasteiger partial charge in [-0.05, 0) is 42.9 Å². The molecular weight excluding hydrogens is 288 g/mol. The Kier molecular flexibility index (Phi) is 4.85. The van der Waals surface area contributed by atoms with E-state index in [4.69, 9.17) is 4.74 Å². The van der Waals surface area contributed by atoms with Crippen LogP contribution in [0.1, 0.15) is 48.7 Å². The molecule has 1 heterocycles. The van der Waals surface area contributed by atoms with E-state index in [1.807, 2.05) is 0 Å². The van der Waals surface area contributed by atoms with Crippen molar-refractivity contribution in [2.45, 2.75) is 51.0 Å². The van der Waals surface area contributed by atoms with Gasteiger partial charge in [-0.1, -0.05) is 48.0 Å². The molecule has 3 atom stereocenters. The summed E-state index contributed by atoms with van der Waals surface area (Å²) in [4.78, 5) is 0.434. The van der Waals surface area contributed by atoms with Gasteiger partial charge in [0.05, 0.1) is 12.7 Å². The van der Waals surface area contributed by atoms with Crippen molar-refractivity contribution in [3.63, 3.8) is 0 Å². The van der Waals surface area contributed by atoms with Gasteiger partial charge in [0.2, 0.25) is 0 Å². The average molecular weight is 311 g/mol. The Labute approximate surface area is 119 Å². The molecule has 1 aliphatic rings. The molecule has 1 aromatic carbocycles. The van der Waals surface area contributed by atoms with E-state index in [-0.39, 0.29) is 0 Å². The number of aryl methyl sites for hydroxylation is 2. The summed E-state index contributed by atoms with van der Waals surface area (Å²) >= 11 is 3.92. The predicted octanol–water partition coefficient (Wildman–Crippen LogP) is 4.67. The Balaban J connectivity index is 2.24. The van der Waals surface area contributed by atoms with Crippen LogP contribution in [0.3, 0.4) is 0 Å². The molecule has 2 heteroatoms. The summed E-state index contributed by atoms with van der Waals surface area (Å²) in [6.45, 7) is 7.51. The van der Waals surface area contributed by atoms with Gasteiger partial charge in [0, 0.05) is 10.7 Å². The minimum absolute atomic E-state index is 0.412. The Morgan fingerprint density at radius 2 is 2.11 bits per heavy atom. The standard InChI is InChI=1S/C16H23BrO/c1-4-12-6-7-13(5-2)15(9-12)16(17)14-8-11(3)18-10-14/h6-7,9,11,14,16H,4-5,8,10H2,1-3H3. The third-order valence-electron chi connectivity index (χ3n) is 3.94. The Hall–Kier alpha value is -0.340. The van der Waals surface area contributed by atoms with Crippen LogP contribution in [0.5, 0.6) is 0 Å². The largest absolute Gasteiger partial charge is 0.378 e. The molecule has 0 N–H and O–H groups in total. The summed E-state index contributed by atoms with van der Waals surface area (Å²) in [7, 11) is 0. The third kappa shape index (κ3) is 2.97. The molecule has 18 heavy (non-hydrogen) atoms. The minimum atomic E-state index is 0.412. The number of hydrogen-bond acceptors (Lipinski definition) is 1. The molecule has 0 amide bonds. The lowest BCUT2D eigenvalue weighted by Gasteiger charge is -2.20. The molecule has 100 valence electrons. The maximum Gasteiger partial charge on any atom is 0.0551 e. The molecule has 0 aromatic heterocycles. The van der Waals surface area contributed by atoms with Crippen molar-refractivity contribution in [3.8, 4) is 0 Å². The van der Waals surface area contributed by atoms with Gasteiger partial charge in [0.15, 0.2) is 0 Å². The van der Waals surface area contributed by atoms with E-state index in [1.165, 1.54) is 16.7 Å². The van der Waals surface area contributed by atoms with Crippen LogP contribution in [-0.4, -0.2) is 12.7 Å². The second-order valence-electron chi connectivity index (χ2n) is 5.28. The summed E-state index contributed by atoms with van der Waals surface area (Å²) in [6.07, 6.45) is 3.78. The van der Waals surface area contributed by atoms with Gasteiger partial charge in [0.1, 0.15) is 0 Å². The molecule has 0 bridgehead atoms. The van der Waals surface area contributed by atoms with Crippen molar-refractivity contribution in [2.24, 2.45) is 5.92 Å². The fourth-order valence-corrected chi connectivity index (χ4v) is 3.55. The second kappa shape index (κ2) is 6.21. The highest BCUT2D eigenvalue weighted by Gasteiger charge is 2.30. The molecule has 2 rings (SSSR count). The van der Waals surface area contributed by atoms with E-state index >= 15 is 0 Å². The van der Waals surface area contributed by atoms with E-state index in [9.17, 15) is 0 Å². The molecule has 1 saturated heterocycles. The molecule has 0 saturated carbocycles. The maximum absolute atomic E-state index is 5.71. The second-order valence-corrected chi connectivity index (χ2v) is 6.27. The van der Waals surface area contributed by atoms with Gasteiger partial charge >= 0.3 is 0 Å². The fraction of sp³-hybridized carbons (Fsp3) is 0.625. The number of benzene rings is 1. The number of hydrogen-bond donors (Lipinski definition) is 0. The van der Waals surface area contributed by atoms with Crippen LogP contribution in [-0.2, 0) is 17.6 Å². The van der Waals surface area contributed by atoms with E-state index in [1.54, 1.807) is 0 Å². The van der Waals surface area contributed by atoms with Crippen molar-refractivity contribution >= 4 is 15.9 Å². The zero-order chi connectivity index (χ0) is 13.1. The van der Waals surface area contributed by atoms with Crippen molar-refractivity contribution < 1.29 is 4.74 Å². The quantitative estimate of drug-likeness (QED) is 0.734. The molecule has 0 aliphatic carbocycles. The smallest absolute Gasteiger partial charge is 0.0551 e. The van der Waals surface area contributed by atoms with Crippen LogP contribution in [0.2, 0.25) is 0 Å². The van der Waals surface area contributed by atoms with Gasteiger partial charge in [-0.2, -0.15) is 0 Å². The van der Waals surface area contributed by atoms with Gasteiger partial charge in [-0.15, -0.1) is 0 Å². The van der Waals surface area contributed by atoms with E-state index < -0.39 is 0 Å². The number of alkyl halides is 1. The predicted molar refractivity (Wildman–Crippen MR) is 80.4 cm³/mol. The lowest BCUT2D eigenvalue weighted by atomic mass is 9.91. The third-order valence-corrected chi connectivity index (χ3v) is 5.18. The monoisotopic (exact) mass is 310 g/mol. The van der Waals surface area contributed by atoms with Crippen LogP contribution in [0.4, 0.5) is 0 Å². The number of ether oxygens (including phenoxy) is 1. The first-order valence-electron chi connectivity index (χ1n) is 7.03. The molecule has 0 radical (unpaired) electrons. The highest BCUT2D eigenvalue weighted by atomic mass is 79.9. The van der Waals surface area contributed by atoms with E-state index in [0.717, 1.165) is 25.9 Å². The zero-order valence-corrected chi connectivity index (χ0v) is 13.2. The van der Waals surface area contributed by atoms with E-state index in [0.29, 0.717) is 16.8 Å². The zero-order valence-electron chi connectivity index (χ0n) is 11.6. The van der Waals surface area contributed by atoms with Gasteiger partial charge in [0.25, 0.3) is 0 Å². The van der Waals surface area contributed by atoms with Crippen molar-refractivity contribution in [2.75, 3.05) is 6.61 Å². The molecule has 1 aromatic rings. The van der Waals surface area contributed by atoms with Crippen LogP contribution in [0.15, 0.2) is 18.2 Å². The summed E-state index contributed by atoms with van der Waals surface area (Å²) in [6, 6.07) is 6.93. The molecule has 0 spiro atoms. The van der Waals surface area contributed by atoms with Crippen molar-refractivity contribution in [1.82, 2.24) is 0 Å². The highest BCUT2D eigenvalue weighted by Crippen LogP contribution is 2.39. The molecule has 1 aliphatic heterocycles. The van der Waals surface area contributed by atoms with E-state index in [2.05, 4.69) is 54.9 Å². The SMILES string of the molecule is CCc1ccc(CC)c(C(Br)C2COC(C)C2)c1. The Bertz CT molecular complexity index is 402. The molecule has 3 unspecified atom stereocenters. The van der Waals surface area contributed by atoms with Gasteiger partial charge in [-0.25, -0.2) is 0 Å². The summed E-state index contributed by atoms with van der Waals surface area (Å²) in [5, 5.41) is 0. The van der Waals surface area contributed by atoms with Crippen LogP contribution < -0.4 is 0 Å². The lowest BCUT2D eigenvalue weighted by molar-refractivity contribution is 0.120. The lowest BCUT2D eigenvalue weighted by Crippen LogP contribution is -2.10. The summed E-state index contributed by atoms with van der Waals surface area (Å²) < 4.78 is 5.71. The first-order chi connectivity index (χ1) is 8.65. The van der Waals surface area contributed by atoms with Gasteiger partial charge in [-0.3, -0.25) is 0 Å². The Morgan fingerprint density at radius 1 is 1.33 bits per heavy atom. The van der Waals surface area contributed by atoms with Crippen LogP contribution in [0, 0.1) is 5.92 Å². The van der Waals surface area contributed by atoms with Crippen molar-refractivity contribution in [3.05, 3.63) is 34.9 Å². The summed E-state index contributed by atoms with van der Waals surface area (Å²) in [5.41, 5.74) is 4.37. The van der Waals surface area contributed by atoms with Crippen LogP contribution in [0.25, 0.3) is 0 Å².